The minimum absolute atomic E-state index is 0.468. The van der Waals surface area contributed by atoms with Crippen molar-refractivity contribution in [2.24, 2.45) is 0 Å². The maximum atomic E-state index is 13.6. The molecule has 0 bridgehead atoms. The predicted octanol–water partition coefficient (Wildman–Crippen LogP) is 7.71. The molecule has 9 heteroatoms. The van der Waals surface area contributed by atoms with Gasteiger partial charge >= 0.3 is 12.4 Å². The molecule has 0 unspecified atom stereocenters. The van der Waals surface area contributed by atoms with E-state index in [1.165, 1.54) is 62.6 Å². The molecule has 2 aromatic carbocycles. The van der Waals surface area contributed by atoms with Gasteiger partial charge in [-0.2, -0.15) is 26.3 Å². The van der Waals surface area contributed by atoms with Gasteiger partial charge in [-0.05, 0) is 30.9 Å². The number of quaternary nitrogens is 1. The molecule has 0 heterocycles. The molecule has 0 aliphatic carbocycles. The molecule has 0 amide bonds. The minimum Gasteiger partial charge on any atom is -0.872 e. The quantitative estimate of drug-likeness (QED) is 0.237. The minimum atomic E-state index is -5.90. The summed E-state index contributed by atoms with van der Waals surface area (Å²) in [6.45, 7) is 11.0. The van der Waals surface area contributed by atoms with E-state index >= 15 is 0 Å². The number of benzene rings is 2. The molecule has 210 valence electrons. The molecular weight excluding hydrogens is 496 g/mol. The average Bonchev–Trinajstić information content (AvgIpc) is 2.82. The number of alkyl halides is 6. The fourth-order valence-corrected chi connectivity index (χ4v) is 4.44. The lowest BCUT2D eigenvalue weighted by molar-refractivity contribution is -0.910. The van der Waals surface area contributed by atoms with E-state index in [0.717, 1.165) is 24.3 Å². The first-order valence-electron chi connectivity index (χ1n) is 12.7. The largest absolute Gasteiger partial charge is 0.872 e. The Hall–Kier alpha value is -2.42. The van der Waals surface area contributed by atoms with Crippen LogP contribution in [0, 0.1) is 0 Å². The number of unbranched alkanes of at least 4 members (excludes halogenated alkanes) is 3. The molecule has 0 saturated carbocycles. The van der Waals surface area contributed by atoms with Gasteiger partial charge in [0.25, 0.3) is 0 Å². The lowest BCUT2D eigenvalue weighted by Gasteiger charge is -2.40. The van der Waals surface area contributed by atoms with Crippen LogP contribution in [0.1, 0.15) is 70.4 Å². The number of phenols is 1. The maximum Gasteiger partial charge on any atom is 0.411 e. The Kier molecular flexibility index (Phi) is 12.3. The van der Waals surface area contributed by atoms with Crippen molar-refractivity contribution in [2.75, 3.05) is 26.7 Å². The summed E-state index contributed by atoms with van der Waals surface area (Å²) in [7, 11) is 2.45. The molecule has 0 spiro atoms. The number of para-hydroxylation sites is 2. The van der Waals surface area contributed by atoms with Gasteiger partial charge < -0.3 is 14.7 Å². The van der Waals surface area contributed by atoms with Crippen LogP contribution in [0.3, 0.4) is 0 Å². The highest BCUT2D eigenvalue weighted by Crippen LogP contribution is 2.59. The van der Waals surface area contributed by atoms with Gasteiger partial charge in [-0.15, -0.1) is 5.75 Å². The molecule has 0 radical (unpaired) electrons. The summed E-state index contributed by atoms with van der Waals surface area (Å²) in [4.78, 5) is 0. The van der Waals surface area contributed by atoms with Crippen molar-refractivity contribution in [3.63, 3.8) is 0 Å². The van der Waals surface area contributed by atoms with E-state index in [1.807, 2.05) is 0 Å². The molecule has 0 aromatic heterocycles. The highest BCUT2D eigenvalue weighted by atomic mass is 19.4. The summed E-state index contributed by atoms with van der Waals surface area (Å²) in [5.74, 6) is -2.63. The standard InChI is InChI=1S/C15H10F6O2.C13H30N/c16-14(17,18)13(15(19,20)21,9-5-1-3-7-11(9)22)10-6-2-4-8-12(10)23;1-5-8-11-14(4,12-9-6-2)13-10-7-3/h1-8,22-23H;5-13H2,1-4H3/q;+1/p-1. The number of aromatic hydroxyl groups is 1. The Morgan fingerprint density at radius 2 is 1.05 bits per heavy atom. The Balaban J connectivity index is 0.000000422. The summed E-state index contributed by atoms with van der Waals surface area (Å²) in [6.07, 6.45) is -3.60. The van der Waals surface area contributed by atoms with Crippen LogP contribution in [0.25, 0.3) is 0 Å². The second-order valence-electron chi connectivity index (χ2n) is 9.61. The molecule has 0 atom stereocenters. The zero-order chi connectivity index (χ0) is 28.3. The second kappa shape index (κ2) is 13.9. The Bertz CT molecular complexity index is 859. The first-order valence-corrected chi connectivity index (χ1v) is 12.7. The van der Waals surface area contributed by atoms with Crippen molar-refractivity contribution in [1.29, 1.82) is 0 Å². The third kappa shape index (κ3) is 8.03. The van der Waals surface area contributed by atoms with Crippen molar-refractivity contribution in [1.82, 2.24) is 0 Å². The van der Waals surface area contributed by atoms with E-state index in [-0.39, 0.29) is 0 Å². The summed E-state index contributed by atoms with van der Waals surface area (Å²) in [5, 5.41) is 21.4. The van der Waals surface area contributed by atoms with Gasteiger partial charge in [0.2, 0.25) is 5.41 Å². The first-order chi connectivity index (χ1) is 17.2. The van der Waals surface area contributed by atoms with Gasteiger partial charge in [0.1, 0.15) is 5.75 Å². The second-order valence-corrected chi connectivity index (χ2v) is 9.61. The van der Waals surface area contributed by atoms with Gasteiger partial charge in [-0.3, -0.25) is 0 Å². The lowest BCUT2D eigenvalue weighted by atomic mass is 9.72. The SMILES string of the molecule is CCCC[N+](C)(CCCC)CCCC.[O-]c1ccccc1C(c1ccccc1O)(C(F)(F)F)C(F)(F)F. The zero-order valence-corrected chi connectivity index (χ0v) is 22.1. The van der Waals surface area contributed by atoms with Crippen LogP contribution in [-0.4, -0.2) is 48.6 Å². The topological polar surface area (TPSA) is 43.3 Å². The van der Waals surface area contributed by atoms with Crippen LogP contribution in [0.4, 0.5) is 26.3 Å². The van der Waals surface area contributed by atoms with Crippen molar-refractivity contribution >= 4 is 0 Å². The van der Waals surface area contributed by atoms with E-state index < -0.39 is 40.4 Å². The van der Waals surface area contributed by atoms with Gasteiger partial charge in [0, 0.05) is 5.56 Å². The monoisotopic (exact) mass is 535 g/mol. The van der Waals surface area contributed by atoms with Crippen molar-refractivity contribution in [3.05, 3.63) is 59.7 Å². The van der Waals surface area contributed by atoms with Crippen LogP contribution in [0.2, 0.25) is 0 Å². The van der Waals surface area contributed by atoms with E-state index in [9.17, 15) is 36.6 Å². The van der Waals surface area contributed by atoms with Gasteiger partial charge in [-0.1, -0.05) is 82.5 Å². The summed E-state index contributed by atoms with van der Waals surface area (Å²) < 4.78 is 83.1. The predicted molar refractivity (Wildman–Crippen MR) is 132 cm³/mol. The fraction of sp³-hybridized carbons (Fsp3) is 0.571. The van der Waals surface area contributed by atoms with E-state index in [0.29, 0.717) is 24.3 Å². The summed E-state index contributed by atoms with van der Waals surface area (Å²) in [5.41, 5.74) is -7.58. The van der Waals surface area contributed by atoms with Crippen molar-refractivity contribution < 1.29 is 41.0 Å². The lowest BCUT2D eigenvalue weighted by Crippen LogP contribution is -2.55. The van der Waals surface area contributed by atoms with Gasteiger partial charge in [-0.25, -0.2) is 0 Å². The number of rotatable bonds is 11. The first kappa shape index (κ1) is 32.6. The molecule has 0 saturated heterocycles. The highest BCUT2D eigenvalue weighted by molar-refractivity contribution is 5.53. The molecule has 3 nitrogen and oxygen atoms in total. The third-order valence-corrected chi connectivity index (χ3v) is 6.60. The van der Waals surface area contributed by atoms with Crippen LogP contribution < -0.4 is 5.11 Å². The van der Waals surface area contributed by atoms with E-state index in [1.54, 1.807) is 0 Å². The van der Waals surface area contributed by atoms with Gasteiger partial charge in [0.15, 0.2) is 0 Å². The van der Waals surface area contributed by atoms with Crippen molar-refractivity contribution in [2.45, 2.75) is 77.1 Å². The fourth-order valence-electron chi connectivity index (χ4n) is 4.44. The number of nitrogens with zero attached hydrogens (tertiary/aromatic N) is 1. The third-order valence-electron chi connectivity index (χ3n) is 6.60. The molecule has 0 aliphatic rings. The summed E-state index contributed by atoms with van der Waals surface area (Å²) in [6, 6.07) is 6.24. The molecule has 1 N–H and O–H groups in total. The number of hydrogen-bond donors (Lipinski definition) is 1. The maximum absolute atomic E-state index is 13.6. The van der Waals surface area contributed by atoms with Crippen LogP contribution in [0.15, 0.2) is 48.5 Å². The smallest absolute Gasteiger partial charge is 0.411 e. The Morgan fingerprint density at radius 3 is 1.41 bits per heavy atom. The molecule has 0 fully saturated rings. The zero-order valence-electron chi connectivity index (χ0n) is 22.1. The molecule has 37 heavy (non-hydrogen) atoms. The normalized spacial score (nSPS) is 12.7. The Labute approximate surface area is 216 Å². The van der Waals surface area contributed by atoms with E-state index in [2.05, 4.69) is 27.8 Å². The van der Waals surface area contributed by atoms with Gasteiger partial charge in [0.05, 0.1) is 26.7 Å². The van der Waals surface area contributed by atoms with Crippen LogP contribution in [0.5, 0.6) is 11.5 Å². The number of halogens is 6. The molecule has 2 rings (SSSR count). The Morgan fingerprint density at radius 1 is 0.676 bits per heavy atom. The highest BCUT2D eigenvalue weighted by Gasteiger charge is 2.73. The number of hydrogen-bond acceptors (Lipinski definition) is 2. The van der Waals surface area contributed by atoms with E-state index in [4.69, 9.17) is 0 Å². The molecule has 2 aromatic rings. The van der Waals surface area contributed by atoms with Crippen LogP contribution >= 0.6 is 0 Å². The molecule has 0 aliphatic heterocycles. The molecular formula is C28H39F6NO2. The average molecular weight is 536 g/mol. The van der Waals surface area contributed by atoms with Crippen LogP contribution in [-0.2, 0) is 5.41 Å². The van der Waals surface area contributed by atoms with Crippen molar-refractivity contribution in [3.8, 4) is 11.5 Å². The number of phenolic OH excluding ortho intramolecular Hbond substituents is 1. The summed E-state index contributed by atoms with van der Waals surface area (Å²) >= 11 is 0.